The molecule has 2 aromatic rings. The maximum Gasteiger partial charge on any atom is 0.228 e. The third-order valence-electron chi connectivity index (χ3n) is 6.94. The number of ether oxygens (including phenoxy) is 4. The van der Waals surface area contributed by atoms with E-state index >= 15 is 0 Å². The molecule has 0 aliphatic heterocycles. The van der Waals surface area contributed by atoms with E-state index in [0.717, 1.165) is 64.6 Å². The van der Waals surface area contributed by atoms with Crippen molar-refractivity contribution in [2.24, 2.45) is 10.2 Å². The van der Waals surface area contributed by atoms with Crippen LogP contribution >= 0.6 is 11.3 Å². The number of likely N-dealkylation sites (N-methyl/N-ethyl adjacent to an activating group) is 2. The van der Waals surface area contributed by atoms with Gasteiger partial charge in [-0.15, -0.1) is 11.3 Å². The van der Waals surface area contributed by atoms with Crippen molar-refractivity contribution < 1.29 is 23.4 Å². The molecular weight excluding hydrogens is 526 g/mol. The van der Waals surface area contributed by atoms with Crippen LogP contribution in [0.15, 0.2) is 28.4 Å². The number of aryl methyl sites for hydroxylation is 2. The SMILES string of the molecule is [C-]#[N+]c1c(N=Nc2ccc(N(CC)CCOCCOCCOCCOCC[N+](C)(C)CC)cc2C)sc(C)c1C. The van der Waals surface area contributed by atoms with E-state index < -0.39 is 0 Å². The Hall–Kier alpha value is -2.39. The summed E-state index contributed by atoms with van der Waals surface area (Å²) in [4.78, 5) is 7.00. The normalized spacial score (nSPS) is 11.8. The fourth-order valence-electron chi connectivity index (χ4n) is 3.72. The average Bonchev–Trinajstić information content (AvgIpc) is 3.22. The molecule has 0 aliphatic rings. The monoisotopic (exact) mass is 574 g/mol. The van der Waals surface area contributed by atoms with Crippen LogP contribution in [0.1, 0.15) is 29.9 Å². The molecule has 0 radical (unpaired) electrons. The molecule has 1 heterocycles. The third kappa shape index (κ3) is 11.6. The number of quaternary nitrogens is 1. The molecule has 9 nitrogen and oxygen atoms in total. The zero-order valence-corrected chi connectivity index (χ0v) is 26.3. The van der Waals surface area contributed by atoms with Crippen molar-refractivity contribution in [2.75, 3.05) is 98.0 Å². The summed E-state index contributed by atoms with van der Waals surface area (Å²) in [5.41, 5.74) is 4.55. The van der Waals surface area contributed by atoms with E-state index in [2.05, 4.69) is 60.0 Å². The van der Waals surface area contributed by atoms with Gasteiger partial charge in [0.05, 0.1) is 85.8 Å². The second-order valence-corrected chi connectivity index (χ2v) is 11.4. The summed E-state index contributed by atoms with van der Waals surface area (Å²) in [6, 6.07) is 6.17. The van der Waals surface area contributed by atoms with Gasteiger partial charge in [-0.3, -0.25) is 0 Å². The smallest absolute Gasteiger partial charge is 0.228 e. The van der Waals surface area contributed by atoms with Crippen LogP contribution in [0.4, 0.5) is 22.1 Å². The van der Waals surface area contributed by atoms with Gasteiger partial charge in [-0.05, 0) is 68.8 Å². The van der Waals surface area contributed by atoms with Gasteiger partial charge in [-0.25, -0.2) is 4.85 Å². The Kier molecular flexibility index (Phi) is 15.3. The zero-order valence-electron chi connectivity index (χ0n) is 25.5. The number of nitrogens with zero attached hydrogens (tertiary/aromatic N) is 5. The van der Waals surface area contributed by atoms with Crippen molar-refractivity contribution in [3.05, 3.63) is 45.6 Å². The van der Waals surface area contributed by atoms with E-state index in [0.29, 0.717) is 56.9 Å². The van der Waals surface area contributed by atoms with E-state index in [9.17, 15) is 0 Å². The second-order valence-electron chi connectivity index (χ2n) is 10.2. The van der Waals surface area contributed by atoms with E-state index in [4.69, 9.17) is 25.5 Å². The largest absolute Gasteiger partial charge is 0.377 e. The summed E-state index contributed by atoms with van der Waals surface area (Å²) >= 11 is 1.51. The highest BCUT2D eigenvalue weighted by Gasteiger charge is 2.13. The van der Waals surface area contributed by atoms with Gasteiger partial charge in [0.25, 0.3) is 0 Å². The number of anilines is 1. The summed E-state index contributed by atoms with van der Waals surface area (Å²) in [5.74, 6) is 0. The summed E-state index contributed by atoms with van der Waals surface area (Å²) < 4.78 is 23.6. The van der Waals surface area contributed by atoms with Crippen LogP contribution in [0.3, 0.4) is 0 Å². The van der Waals surface area contributed by atoms with Crippen LogP contribution < -0.4 is 4.90 Å². The molecule has 1 aromatic heterocycles. The van der Waals surface area contributed by atoms with Crippen LogP contribution in [-0.2, 0) is 18.9 Å². The first-order chi connectivity index (χ1) is 19.2. The molecule has 0 N–H and O–H groups in total. The Morgan fingerprint density at radius 1 is 0.875 bits per heavy atom. The van der Waals surface area contributed by atoms with Gasteiger partial charge >= 0.3 is 0 Å². The molecule has 40 heavy (non-hydrogen) atoms. The van der Waals surface area contributed by atoms with Gasteiger partial charge < -0.3 is 28.3 Å². The van der Waals surface area contributed by atoms with Crippen molar-refractivity contribution in [2.45, 2.75) is 34.6 Å². The van der Waals surface area contributed by atoms with Crippen molar-refractivity contribution in [3.8, 4) is 0 Å². The van der Waals surface area contributed by atoms with E-state index in [1.165, 1.54) is 11.3 Å². The summed E-state index contributed by atoms with van der Waals surface area (Å²) in [6.45, 7) is 26.3. The van der Waals surface area contributed by atoms with Gasteiger partial charge in [0, 0.05) is 18.8 Å². The van der Waals surface area contributed by atoms with Crippen molar-refractivity contribution in [3.63, 3.8) is 0 Å². The number of benzene rings is 1. The zero-order chi connectivity index (χ0) is 29.4. The van der Waals surface area contributed by atoms with Gasteiger partial charge in [0.1, 0.15) is 11.5 Å². The highest BCUT2D eigenvalue weighted by Crippen LogP contribution is 2.42. The summed E-state index contributed by atoms with van der Waals surface area (Å²) in [5, 5.41) is 9.49. The highest BCUT2D eigenvalue weighted by atomic mass is 32.1. The lowest BCUT2D eigenvalue weighted by Gasteiger charge is -2.27. The van der Waals surface area contributed by atoms with E-state index in [1.807, 2.05) is 26.8 Å². The molecule has 0 fully saturated rings. The number of hydrogen-bond donors (Lipinski definition) is 0. The molecular formula is C30H48N5O4S+. The van der Waals surface area contributed by atoms with Gasteiger partial charge in [-0.2, -0.15) is 10.2 Å². The quantitative estimate of drug-likeness (QED) is 0.0769. The van der Waals surface area contributed by atoms with Crippen LogP contribution in [0.2, 0.25) is 0 Å². The Balaban J connectivity index is 1.61. The minimum atomic E-state index is 0.549. The maximum atomic E-state index is 7.43. The van der Waals surface area contributed by atoms with Crippen molar-refractivity contribution >= 4 is 33.4 Å². The third-order valence-corrected chi connectivity index (χ3v) is 8.02. The fourth-order valence-corrected chi connectivity index (χ4v) is 4.64. The fraction of sp³-hybridized carbons (Fsp3) is 0.633. The minimum Gasteiger partial charge on any atom is -0.377 e. The molecule has 2 rings (SSSR count). The number of hydrogen-bond acceptors (Lipinski definition) is 8. The first-order valence-corrected chi connectivity index (χ1v) is 14.9. The van der Waals surface area contributed by atoms with Crippen LogP contribution in [0, 0.1) is 27.3 Å². The molecule has 0 atom stereocenters. The summed E-state index contributed by atoms with van der Waals surface area (Å²) in [6.07, 6.45) is 0. The van der Waals surface area contributed by atoms with Crippen molar-refractivity contribution in [1.82, 2.24) is 0 Å². The van der Waals surface area contributed by atoms with E-state index in [1.54, 1.807) is 0 Å². The Morgan fingerprint density at radius 2 is 1.48 bits per heavy atom. The van der Waals surface area contributed by atoms with Crippen LogP contribution in [0.25, 0.3) is 4.85 Å². The van der Waals surface area contributed by atoms with Crippen molar-refractivity contribution in [1.29, 1.82) is 0 Å². The molecule has 0 aliphatic carbocycles. The molecule has 0 saturated carbocycles. The lowest BCUT2D eigenvalue weighted by Crippen LogP contribution is -2.42. The standard InChI is InChI=1S/C30H48N5O4S/c1-9-34(13-15-36-17-19-38-21-22-39-20-18-37-16-14-35(7,8)10-2)27-11-12-28(24(3)23-27)32-33-30-29(31-6)25(4)26(5)40-30/h11-12,23H,9-10,13-22H2,1-5,7-8H3/q+1. The highest BCUT2D eigenvalue weighted by molar-refractivity contribution is 7.16. The maximum absolute atomic E-state index is 7.43. The number of azo groups is 1. The first-order valence-electron chi connectivity index (χ1n) is 14.1. The van der Waals surface area contributed by atoms with Gasteiger partial charge in [-0.1, -0.05) is 0 Å². The Labute approximate surface area is 245 Å². The van der Waals surface area contributed by atoms with Crippen LogP contribution in [-0.4, -0.2) is 97.6 Å². The molecule has 1 aromatic carbocycles. The average molecular weight is 575 g/mol. The number of thiophene rings is 1. The Bertz CT molecular complexity index is 1100. The minimum absolute atomic E-state index is 0.549. The van der Waals surface area contributed by atoms with Crippen LogP contribution in [0.5, 0.6) is 0 Å². The first kappa shape index (κ1) is 33.8. The topological polar surface area (TPSA) is 69.2 Å². The van der Waals surface area contributed by atoms with E-state index in [-0.39, 0.29) is 0 Å². The molecule has 0 bridgehead atoms. The molecule has 0 amide bonds. The molecule has 0 saturated heterocycles. The summed E-state index contributed by atoms with van der Waals surface area (Å²) in [7, 11) is 4.41. The predicted octanol–water partition coefficient (Wildman–Crippen LogP) is 6.63. The molecule has 0 unspecified atom stereocenters. The lowest BCUT2D eigenvalue weighted by atomic mass is 10.1. The molecule has 10 heteroatoms. The second kappa shape index (κ2) is 18.1. The van der Waals surface area contributed by atoms with Gasteiger partial charge in [0.2, 0.25) is 5.69 Å². The Morgan fingerprint density at radius 3 is 2.02 bits per heavy atom. The van der Waals surface area contributed by atoms with Gasteiger partial charge in [0.15, 0.2) is 0 Å². The molecule has 0 spiro atoms. The lowest BCUT2D eigenvalue weighted by molar-refractivity contribution is -0.888. The molecule has 222 valence electrons. The predicted molar refractivity (Wildman–Crippen MR) is 164 cm³/mol. The number of rotatable bonds is 20.